The average Bonchev–Trinajstić information content (AvgIpc) is 2.59. The van der Waals surface area contributed by atoms with E-state index in [9.17, 15) is 0 Å². The predicted octanol–water partition coefficient (Wildman–Crippen LogP) is 3.82. The van der Waals surface area contributed by atoms with Crippen molar-refractivity contribution in [3.05, 3.63) is 41.2 Å². The summed E-state index contributed by atoms with van der Waals surface area (Å²) in [5.74, 6) is 0.584. The van der Waals surface area contributed by atoms with Gasteiger partial charge < -0.3 is 0 Å². The van der Waals surface area contributed by atoms with Crippen LogP contribution in [0.3, 0.4) is 0 Å². The Kier molecular flexibility index (Phi) is 2.82. The van der Waals surface area contributed by atoms with E-state index in [1.807, 2.05) is 6.92 Å². The molecule has 1 heterocycles. The Morgan fingerprint density at radius 1 is 1.06 bits per heavy atom. The molecule has 2 rings (SSSR count). The van der Waals surface area contributed by atoms with Crippen LogP contribution in [0.15, 0.2) is 24.3 Å². The van der Waals surface area contributed by atoms with Gasteiger partial charge in [-0.1, -0.05) is 38.1 Å². The summed E-state index contributed by atoms with van der Waals surface area (Å²) in [6.07, 6.45) is 0. The van der Waals surface area contributed by atoms with Crippen molar-refractivity contribution in [3.8, 4) is 11.1 Å². The predicted molar refractivity (Wildman–Crippen MR) is 67.6 cm³/mol. The number of benzene rings is 1. The molecule has 0 saturated carbocycles. The summed E-state index contributed by atoms with van der Waals surface area (Å²) in [6.45, 7) is 8.52. The molecule has 0 radical (unpaired) electrons. The van der Waals surface area contributed by atoms with Crippen LogP contribution in [0, 0.1) is 13.8 Å². The molecular weight excluding hydrogens is 196 g/mol. The first-order chi connectivity index (χ1) is 7.59. The molecule has 84 valence electrons. The van der Waals surface area contributed by atoms with E-state index < -0.39 is 0 Å². The number of aromatic nitrogens is 2. The summed E-state index contributed by atoms with van der Waals surface area (Å²) >= 11 is 0. The van der Waals surface area contributed by atoms with Crippen molar-refractivity contribution in [2.45, 2.75) is 33.6 Å². The molecule has 0 aliphatic heterocycles. The molecule has 0 fully saturated rings. The smallest absolute Gasteiger partial charge is 0.0672 e. The summed E-state index contributed by atoms with van der Waals surface area (Å²) in [5.41, 5.74) is 6.05. The van der Waals surface area contributed by atoms with Crippen LogP contribution in [0.2, 0.25) is 0 Å². The van der Waals surface area contributed by atoms with Gasteiger partial charge in [0.15, 0.2) is 0 Å². The third-order valence-electron chi connectivity index (χ3n) is 2.99. The third kappa shape index (κ3) is 1.87. The van der Waals surface area contributed by atoms with E-state index in [-0.39, 0.29) is 0 Å². The zero-order valence-corrected chi connectivity index (χ0v) is 10.3. The topological polar surface area (TPSA) is 28.7 Å². The van der Waals surface area contributed by atoms with Crippen molar-refractivity contribution >= 4 is 0 Å². The molecular formula is C14H18N2. The van der Waals surface area contributed by atoms with Crippen LogP contribution >= 0.6 is 0 Å². The fourth-order valence-electron chi connectivity index (χ4n) is 2.01. The summed E-state index contributed by atoms with van der Waals surface area (Å²) in [5, 5.41) is 7.25. The Hall–Kier alpha value is -1.57. The van der Waals surface area contributed by atoms with Gasteiger partial charge in [-0.2, -0.15) is 5.10 Å². The second kappa shape index (κ2) is 4.12. The first kappa shape index (κ1) is 10.9. The lowest BCUT2D eigenvalue weighted by atomic mass is 9.98. The highest BCUT2D eigenvalue weighted by Crippen LogP contribution is 2.26. The zero-order chi connectivity index (χ0) is 11.7. The molecule has 0 bridgehead atoms. The quantitative estimate of drug-likeness (QED) is 0.809. The Bertz CT molecular complexity index is 458. The first-order valence-electron chi connectivity index (χ1n) is 5.71. The van der Waals surface area contributed by atoms with Gasteiger partial charge in [-0.15, -0.1) is 0 Å². The van der Waals surface area contributed by atoms with Crippen molar-refractivity contribution in [3.63, 3.8) is 0 Å². The maximum absolute atomic E-state index is 4.23. The van der Waals surface area contributed by atoms with Crippen molar-refractivity contribution in [1.29, 1.82) is 0 Å². The lowest BCUT2D eigenvalue weighted by Gasteiger charge is -2.07. The Balaban J connectivity index is 2.42. The molecule has 2 heteroatoms. The average molecular weight is 214 g/mol. The van der Waals surface area contributed by atoms with Gasteiger partial charge in [-0.05, 0) is 30.9 Å². The van der Waals surface area contributed by atoms with Gasteiger partial charge in [-0.3, -0.25) is 5.10 Å². The molecule has 16 heavy (non-hydrogen) atoms. The molecule has 1 aromatic carbocycles. The van der Waals surface area contributed by atoms with E-state index in [0.717, 1.165) is 11.4 Å². The van der Waals surface area contributed by atoms with Crippen LogP contribution in [0.5, 0.6) is 0 Å². The van der Waals surface area contributed by atoms with Crippen LogP contribution in [0.1, 0.15) is 36.7 Å². The van der Waals surface area contributed by atoms with E-state index in [0.29, 0.717) is 5.92 Å². The molecule has 0 aliphatic carbocycles. The number of aryl methyl sites for hydroxylation is 2. The number of hydrogen-bond acceptors (Lipinski definition) is 1. The van der Waals surface area contributed by atoms with Gasteiger partial charge >= 0.3 is 0 Å². The van der Waals surface area contributed by atoms with Gasteiger partial charge in [0.25, 0.3) is 0 Å². The second-order valence-electron chi connectivity index (χ2n) is 4.59. The van der Waals surface area contributed by atoms with Crippen LogP contribution in [-0.2, 0) is 0 Å². The first-order valence-corrected chi connectivity index (χ1v) is 5.71. The van der Waals surface area contributed by atoms with E-state index in [1.54, 1.807) is 0 Å². The van der Waals surface area contributed by atoms with Crippen LogP contribution in [0.25, 0.3) is 11.1 Å². The molecule has 1 aromatic heterocycles. The molecule has 1 N–H and O–H groups in total. The highest BCUT2D eigenvalue weighted by Gasteiger charge is 2.08. The number of hydrogen-bond donors (Lipinski definition) is 1. The van der Waals surface area contributed by atoms with E-state index in [4.69, 9.17) is 0 Å². The molecule has 0 aliphatic rings. The molecule has 2 aromatic rings. The van der Waals surface area contributed by atoms with E-state index >= 15 is 0 Å². The number of aromatic amines is 1. The lowest BCUT2D eigenvalue weighted by Crippen LogP contribution is -1.87. The normalized spacial score (nSPS) is 11.1. The zero-order valence-electron chi connectivity index (χ0n) is 10.3. The van der Waals surface area contributed by atoms with Crippen molar-refractivity contribution in [2.75, 3.05) is 0 Å². The summed E-state index contributed by atoms with van der Waals surface area (Å²) in [6, 6.07) is 8.76. The highest BCUT2D eigenvalue weighted by molar-refractivity contribution is 5.68. The Labute approximate surface area is 96.7 Å². The van der Waals surface area contributed by atoms with Crippen LogP contribution in [0.4, 0.5) is 0 Å². The maximum Gasteiger partial charge on any atom is 0.0672 e. The van der Waals surface area contributed by atoms with Gasteiger partial charge in [0.05, 0.1) is 5.69 Å². The Morgan fingerprint density at radius 2 is 1.69 bits per heavy atom. The van der Waals surface area contributed by atoms with E-state index in [1.165, 1.54) is 16.7 Å². The van der Waals surface area contributed by atoms with Crippen LogP contribution in [-0.4, -0.2) is 10.2 Å². The van der Waals surface area contributed by atoms with Crippen molar-refractivity contribution < 1.29 is 0 Å². The minimum atomic E-state index is 0.584. The van der Waals surface area contributed by atoms with Gasteiger partial charge in [-0.25, -0.2) is 0 Å². The molecule has 2 nitrogen and oxygen atoms in total. The summed E-state index contributed by atoms with van der Waals surface area (Å²) in [7, 11) is 0. The fourth-order valence-corrected chi connectivity index (χ4v) is 2.01. The molecule has 0 spiro atoms. The molecule has 0 saturated heterocycles. The molecule has 0 amide bonds. The minimum Gasteiger partial charge on any atom is -0.282 e. The third-order valence-corrected chi connectivity index (χ3v) is 2.99. The molecule has 0 atom stereocenters. The maximum atomic E-state index is 4.23. The number of H-pyrrole nitrogens is 1. The summed E-state index contributed by atoms with van der Waals surface area (Å²) < 4.78 is 0. The van der Waals surface area contributed by atoms with Gasteiger partial charge in [0.1, 0.15) is 0 Å². The fraction of sp³-hybridized carbons (Fsp3) is 0.357. The molecule has 0 unspecified atom stereocenters. The Morgan fingerprint density at radius 3 is 2.12 bits per heavy atom. The lowest BCUT2D eigenvalue weighted by molar-refractivity contribution is 0.867. The van der Waals surface area contributed by atoms with Gasteiger partial charge in [0.2, 0.25) is 0 Å². The standard InChI is InChI=1S/C14H18N2/c1-9(2)12-5-7-13(8-6-12)14-10(3)15-16-11(14)4/h5-9H,1-4H3,(H,15,16). The SMILES string of the molecule is Cc1n[nH]c(C)c1-c1ccc(C(C)C)cc1. The van der Waals surface area contributed by atoms with Crippen molar-refractivity contribution in [2.24, 2.45) is 0 Å². The van der Waals surface area contributed by atoms with Gasteiger partial charge in [0, 0.05) is 11.3 Å². The highest BCUT2D eigenvalue weighted by atomic mass is 15.1. The van der Waals surface area contributed by atoms with E-state index in [2.05, 4.69) is 55.2 Å². The number of rotatable bonds is 2. The number of nitrogens with zero attached hydrogens (tertiary/aromatic N) is 1. The monoisotopic (exact) mass is 214 g/mol. The van der Waals surface area contributed by atoms with Crippen molar-refractivity contribution in [1.82, 2.24) is 10.2 Å². The largest absolute Gasteiger partial charge is 0.282 e. The number of nitrogens with one attached hydrogen (secondary N) is 1. The second-order valence-corrected chi connectivity index (χ2v) is 4.59. The minimum absolute atomic E-state index is 0.584. The van der Waals surface area contributed by atoms with Crippen LogP contribution < -0.4 is 0 Å². The summed E-state index contributed by atoms with van der Waals surface area (Å²) in [4.78, 5) is 0.